The van der Waals surface area contributed by atoms with Crippen molar-refractivity contribution in [1.82, 2.24) is 15.5 Å². The van der Waals surface area contributed by atoms with Gasteiger partial charge in [0.15, 0.2) is 0 Å². The molecule has 2 N–H and O–H groups in total. The number of hydrogen-bond donors (Lipinski definition) is 2. The molecule has 6 heteroatoms. The number of hydrogen-bond acceptors (Lipinski definition) is 4. The van der Waals surface area contributed by atoms with Gasteiger partial charge in [-0.1, -0.05) is 0 Å². The Morgan fingerprint density at radius 2 is 1.89 bits per heavy atom. The molecule has 0 bridgehead atoms. The van der Waals surface area contributed by atoms with E-state index in [-0.39, 0.29) is 24.3 Å². The van der Waals surface area contributed by atoms with Crippen LogP contribution in [0.4, 0.5) is 0 Å². The van der Waals surface area contributed by atoms with E-state index in [2.05, 4.69) is 15.5 Å². The van der Waals surface area contributed by atoms with Crippen molar-refractivity contribution in [3.63, 3.8) is 0 Å². The van der Waals surface area contributed by atoms with E-state index in [0.717, 1.165) is 25.8 Å². The Hall–Kier alpha value is -1.14. The molecule has 0 saturated carbocycles. The lowest BCUT2D eigenvalue weighted by Crippen LogP contribution is -2.41. The number of nitrogens with zero attached hydrogens (tertiary/aromatic N) is 1. The highest BCUT2D eigenvalue weighted by molar-refractivity contribution is 5.85. The lowest BCUT2D eigenvalue weighted by molar-refractivity contribution is -0.130. The fourth-order valence-corrected chi connectivity index (χ4v) is 1.96. The van der Waals surface area contributed by atoms with Gasteiger partial charge in [0, 0.05) is 25.7 Å². The summed E-state index contributed by atoms with van der Waals surface area (Å²) in [5.41, 5.74) is 0. The van der Waals surface area contributed by atoms with Crippen LogP contribution in [0.25, 0.3) is 0 Å². The van der Waals surface area contributed by atoms with E-state index >= 15 is 0 Å². The fraction of sp³-hybridized carbons (Fsp3) is 0.846. The van der Waals surface area contributed by atoms with E-state index < -0.39 is 0 Å². The Labute approximate surface area is 114 Å². The molecule has 19 heavy (non-hydrogen) atoms. The number of rotatable bonds is 7. The minimum atomic E-state index is -0.126. The molecule has 6 nitrogen and oxygen atoms in total. The molecule has 1 aliphatic rings. The maximum atomic E-state index is 11.8. The first kappa shape index (κ1) is 15.9. The normalized spacial score (nSPS) is 16.4. The fourth-order valence-electron chi connectivity index (χ4n) is 1.96. The van der Waals surface area contributed by atoms with Crippen molar-refractivity contribution < 1.29 is 14.3 Å². The Morgan fingerprint density at radius 3 is 2.53 bits per heavy atom. The number of nitrogens with one attached hydrogen (secondary N) is 2. The highest BCUT2D eigenvalue weighted by Gasteiger charge is 2.21. The Morgan fingerprint density at radius 1 is 1.21 bits per heavy atom. The molecule has 0 aromatic rings. The largest absolute Gasteiger partial charge is 0.381 e. The summed E-state index contributed by atoms with van der Waals surface area (Å²) < 4.78 is 5.20. The molecule has 0 unspecified atom stereocenters. The molecule has 1 rings (SSSR count). The highest BCUT2D eigenvalue weighted by Crippen LogP contribution is 2.14. The average Bonchev–Trinajstić information content (AvgIpc) is 2.41. The minimum absolute atomic E-state index is 0.00436. The van der Waals surface area contributed by atoms with Crippen molar-refractivity contribution in [1.29, 1.82) is 0 Å². The van der Waals surface area contributed by atoms with Gasteiger partial charge in [-0.05, 0) is 39.9 Å². The molecule has 0 aromatic heterocycles. The van der Waals surface area contributed by atoms with E-state index in [1.54, 1.807) is 0 Å². The number of carbonyl (C=O) groups is 2. The van der Waals surface area contributed by atoms with Crippen LogP contribution in [0.3, 0.4) is 0 Å². The monoisotopic (exact) mass is 271 g/mol. The van der Waals surface area contributed by atoms with Gasteiger partial charge < -0.3 is 20.3 Å². The van der Waals surface area contributed by atoms with E-state index in [9.17, 15) is 9.59 Å². The van der Waals surface area contributed by atoms with Crippen LogP contribution in [0, 0.1) is 5.92 Å². The third-order valence-electron chi connectivity index (χ3n) is 3.12. The maximum Gasteiger partial charge on any atom is 0.239 e. The van der Waals surface area contributed by atoms with Gasteiger partial charge >= 0.3 is 0 Å². The van der Waals surface area contributed by atoms with Crippen LogP contribution in [0.2, 0.25) is 0 Å². The summed E-state index contributed by atoms with van der Waals surface area (Å²) in [5, 5.41) is 5.48. The highest BCUT2D eigenvalue weighted by atomic mass is 16.5. The smallest absolute Gasteiger partial charge is 0.239 e. The molecule has 1 aliphatic heterocycles. The summed E-state index contributed by atoms with van der Waals surface area (Å²) in [4.78, 5) is 25.3. The zero-order valence-corrected chi connectivity index (χ0v) is 11.9. The predicted molar refractivity (Wildman–Crippen MR) is 72.7 cm³/mol. The van der Waals surface area contributed by atoms with Gasteiger partial charge in [0.05, 0.1) is 6.54 Å². The van der Waals surface area contributed by atoms with Crippen LogP contribution in [-0.2, 0) is 14.3 Å². The summed E-state index contributed by atoms with van der Waals surface area (Å²) in [6.45, 7) is 2.92. The maximum absolute atomic E-state index is 11.8. The first-order valence-electron chi connectivity index (χ1n) is 6.86. The average molecular weight is 271 g/mol. The summed E-state index contributed by atoms with van der Waals surface area (Å²) in [5.74, 6) is -0.166. The molecule has 0 aliphatic carbocycles. The van der Waals surface area contributed by atoms with E-state index in [1.807, 2.05) is 14.1 Å². The molecule has 1 fully saturated rings. The summed E-state index contributed by atoms with van der Waals surface area (Å²) in [6, 6.07) is 0. The Kier molecular flexibility index (Phi) is 7.43. The topological polar surface area (TPSA) is 70.7 Å². The predicted octanol–water partition coefficient (Wildman–Crippen LogP) is -0.403. The minimum Gasteiger partial charge on any atom is -0.381 e. The van der Waals surface area contributed by atoms with Crippen molar-refractivity contribution in [2.45, 2.75) is 19.3 Å². The van der Waals surface area contributed by atoms with Crippen LogP contribution >= 0.6 is 0 Å². The van der Waals surface area contributed by atoms with Crippen LogP contribution < -0.4 is 10.6 Å². The van der Waals surface area contributed by atoms with Crippen molar-refractivity contribution >= 4 is 11.8 Å². The van der Waals surface area contributed by atoms with Crippen LogP contribution in [-0.4, -0.2) is 63.7 Å². The second-order valence-corrected chi connectivity index (χ2v) is 5.11. The van der Waals surface area contributed by atoms with Gasteiger partial charge in [-0.15, -0.1) is 0 Å². The van der Waals surface area contributed by atoms with Gasteiger partial charge in [-0.25, -0.2) is 0 Å². The lowest BCUT2D eigenvalue weighted by atomic mass is 9.99. The first-order chi connectivity index (χ1) is 9.09. The molecule has 110 valence electrons. The summed E-state index contributed by atoms with van der Waals surface area (Å²) >= 11 is 0. The second-order valence-electron chi connectivity index (χ2n) is 5.11. The van der Waals surface area contributed by atoms with Gasteiger partial charge in [0.1, 0.15) is 0 Å². The molecule has 2 amide bonds. The lowest BCUT2D eigenvalue weighted by Gasteiger charge is -2.21. The van der Waals surface area contributed by atoms with Crippen molar-refractivity contribution in [2.24, 2.45) is 5.92 Å². The second kappa shape index (κ2) is 8.87. The molecule has 0 radical (unpaired) electrons. The van der Waals surface area contributed by atoms with E-state index in [4.69, 9.17) is 4.74 Å². The van der Waals surface area contributed by atoms with Crippen molar-refractivity contribution in [3.8, 4) is 0 Å². The van der Waals surface area contributed by atoms with Crippen LogP contribution in [0.5, 0.6) is 0 Å². The van der Waals surface area contributed by atoms with Crippen LogP contribution in [0.1, 0.15) is 19.3 Å². The standard InChI is InChI=1S/C13H25N3O3/c1-16(2)7-3-6-14-12(17)10-15-13(18)11-4-8-19-9-5-11/h11H,3-10H2,1-2H3,(H,14,17)(H,15,18). The van der Waals surface area contributed by atoms with Crippen molar-refractivity contribution in [2.75, 3.05) is 46.9 Å². The third kappa shape index (κ3) is 7.12. The number of amides is 2. The molecule has 0 spiro atoms. The Bertz CT molecular complexity index is 289. The summed E-state index contributed by atoms with van der Waals surface area (Å²) in [6.07, 6.45) is 2.40. The van der Waals surface area contributed by atoms with Gasteiger partial charge in [-0.2, -0.15) is 0 Å². The zero-order chi connectivity index (χ0) is 14.1. The zero-order valence-electron chi connectivity index (χ0n) is 11.9. The number of ether oxygens (including phenoxy) is 1. The molecule has 0 aromatic carbocycles. The van der Waals surface area contributed by atoms with Gasteiger partial charge in [-0.3, -0.25) is 9.59 Å². The van der Waals surface area contributed by atoms with Gasteiger partial charge in [0.25, 0.3) is 0 Å². The molecule has 1 heterocycles. The van der Waals surface area contributed by atoms with Crippen molar-refractivity contribution in [3.05, 3.63) is 0 Å². The molecular formula is C13H25N3O3. The first-order valence-corrected chi connectivity index (χ1v) is 6.86. The quantitative estimate of drug-likeness (QED) is 0.618. The van der Waals surface area contributed by atoms with Crippen LogP contribution in [0.15, 0.2) is 0 Å². The third-order valence-corrected chi connectivity index (χ3v) is 3.12. The van der Waals surface area contributed by atoms with Gasteiger partial charge in [0.2, 0.25) is 11.8 Å². The molecular weight excluding hydrogens is 246 g/mol. The Balaban J connectivity index is 2.07. The molecule has 1 saturated heterocycles. The van der Waals surface area contributed by atoms with E-state index in [0.29, 0.717) is 19.8 Å². The molecule has 0 atom stereocenters. The SMILES string of the molecule is CN(C)CCCNC(=O)CNC(=O)C1CCOCC1. The summed E-state index contributed by atoms with van der Waals surface area (Å²) in [7, 11) is 3.99. The number of carbonyl (C=O) groups excluding carboxylic acids is 2. The van der Waals surface area contributed by atoms with E-state index in [1.165, 1.54) is 0 Å².